The van der Waals surface area contributed by atoms with E-state index in [9.17, 15) is 4.79 Å². The van der Waals surface area contributed by atoms with Crippen LogP contribution in [0.25, 0.3) is 0 Å². The molecule has 1 aromatic carbocycles. The molecular formula is C14H16N2O3. The monoisotopic (exact) mass is 260 g/mol. The van der Waals surface area contributed by atoms with Gasteiger partial charge in [0, 0.05) is 13.1 Å². The lowest BCUT2D eigenvalue weighted by Gasteiger charge is -2.15. The molecule has 0 saturated heterocycles. The highest BCUT2D eigenvalue weighted by atomic mass is 16.5. The highest BCUT2D eigenvalue weighted by Gasteiger charge is 2.15. The lowest BCUT2D eigenvalue weighted by Crippen LogP contribution is -2.31. The van der Waals surface area contributed by atoms with Crippen molar-refractivity contribution in [3.05, 3.63) is 47.9 Å². The quantitative estimate of drug-likeness (QED) is 0.826. The second kappa shape index (κ2) is 6.04. The molecular weight excluding hydrogens is 244 g/mol. The molecule has 0 fully saturated rings. The lowest BCUT2D eigenvalue weighted by molar-refractivity contribution is 0.0763. The summed E-state index contributed by atoms with van der Waals surface area (Å²) in [5, 5.41) is 3.70. The largest absolute Gasteiger partial charge is 0.492 e. The zero-order valence-electron chi connectivity index (χ0n) is 11.0. The molecule has 1 heterocycles. The number of carbonyl (C=O) groups is 1. The molecule has 0 aliphatic carbocycles. The number of nitrogens with zero attached hydrogens (tertiary/aromatic N) is 2. The van der Waals surface area contributed by atoms with Crippen LogP contribution in [0.2, 0.25) is 0 Å². The molecule has 0 radical (unpaired) electrons. The molecule has 0 spiro atoms. The number of aromatic nitrogens is 1. The van der Waals surface area contributed by atoms with Crippen LogP contribution in [0.3, 0.4) is 0 Å². The van der Waals surface area contributed by atoms with Crippen LogP contribution in [0, 0.1) is 6.92 Å². The van der Waals surface area contributed by atoms with E-state index in [0.29, 0.717) is 24.6 Å². The summed E-state index contributed by atoms with van der Waals surface area (Å²) in [5.74, 6) is 1.24. The molecule has 5 nitrogen and oxygen atoms in total. The van der Waals surface area contributed by atoms with E-state index in [2.05, 4.69) is 5.16 Å². The summed E-state index contributed by atoms with van der Waals surface area (Å²) in [6, 6.07) is 11.1. The van der Waals surface area contributed by atoms with Crippen LogP contribution in [0.15, 0.2) is 40.9 Å². The number of likely N-dealkylation sites (N-methyl/N-ethyl adjacent to an activating group) is 1. The molecule has 2 aromatic rings. The van der Waals surface area contributed by atoms with Gasteiger partial charge < -0.3 is 14.2 Å². The minimum absolute atomic E-state index is 0.173. The smallest absolute Gasteiger partial charge is 0.275 e. The number of ether oxygens (including phenoxy) is 1. The van der Waals surface area contributed by atoms with Crippen LogP contribution in [-0.4, -0.2) is 36.2 Å². The van der Waals surface area contributed by atoms with E-state index in [1.807, 2.05) is 30.3 Å². The molecule has 0 aliphatic heterocycles. The highest BCUT2D eigenvalue weighted by Crippen LogP contribution is 2.08. The standard InChI is InChI=1S/C14H16N2O3/c1-11-10-13(15-19-11)14(17)16(2)8-9-18-12-6-4-3-5-7-12/h3-7,10H,8-9H2,1-2H3. The molecule has 1 aromatic heterocycles. The number of para-hydroxylation sites is 1. The molecule has 5 heteroatoms. The predicted molar refractivity (Wildman–Crippen MR) is 70.1 cm³/mol. The zero-order chi connectivity index (χ0) is 13.7. The van der Waals surface area contributed by atoms with Crippen LogP contribution in [-0.2, 0) is 0 Å². The van der Waals surface area contributed by atoms with E-state index in [1.165, 1.54) is 0 Å². The van der Waals surface area contributed by atoms with Crippen molar-refractivity contribution in [1.82, 2.24) is 10.1 Å². The third-order valence-corrected chi connectivity index (χ3v) is 2.63. The Hall–Kier alpha value is -2.30. The third kappa shape index (κ3) is 3.58. The summed E-state index contributed by atoms with van der Waals surface area (Å²) in [6.45, 7) is 2.67. The van der Waals surface area contributed by atoms with Crippen molar-refractivity contribution in [1.29, 1.82) is 0 Å². The van der Waals surface area contributed by atoms with E-state index >= 15 is 0 Å². The van der Waals surface area contributed by atoms with Crippen molar-refractivity contribution in [2.45, 2.75) is 6.92 Å². The Morgan fingerprint density at radius 2 is 2.11 bits per heavy atom. The number of rotatable bonds is 5. The van der Waals surface area contributed by atoms with Crippen molar-refractivity contribution in [2.24, 2.45) is 0 Å². The molecule has 1 amide bonds. The van der Waals surface area contributed by atoms with Gasteiger partial charge >= 0.3 is 0 Å². The topological polar surface area (TPSA) is 55.6 Å². The Kier molecular flexibility index (Phi) is 4.18. The molecule has 0 aliphatic rings. The fourth-order valence-electron chi connectivity index (χ4n) is 1.58. The van der Waals surface area contributed by atoms with Crippen molar-refractivity contribution < 1.29 is 14.1 Å². The van der Waals surface area contributed by atoms with Crippen LogP contribution < -0.4 is 4.74 Å². The minimum Gasteiger partial charge on any atom is -0.492 e. The Morgan fingerprint density at radius 3 is 2.74 bits per heavy atom. The first-order chi connectivity index (χ1) is 9.16. The van der Waals surface area contributed by atoms with Gasteiger partial charge in [0.15, 0.2) is 5.69 Å². The molecule has 0 N–H and O–H groups in total. The van der Waals surface area contributed by atoms with E-state index in [0.717, 1.165) is 5.75 Å². The first-order valence-electron chi connectivity index (χ1n) is 6.03. The predicted octanol–water partition coefficient (Wildman–Crippen LogP) is 2.13. The summed E-state index contributed by atoms with van der Waals surface area (Å²) in [5.41, 5.74) is 0.319. The van der Waals surface area contributed by atoms with Crippen molar-refractivity contribution in [3.63, 3.8) is 0 Å². The van der Waals surface area contributed by atoms with E-state index < -0.39 is 0 Å². The van der Waals surface area contributed by atoms with Gasteiger partial charge in [-0.3, -0.25) is 4.79 Å². The Morgan fingerprint density at radius 1 is 1.37 bits per heavy atom. The van der Waals surface area contributed by atoms with Crippen molar-refractivity contribution >= 4 is 5.91 Å². The van der Waals surface area contributed by atoms with E-state index in [-0.39, 0.29) is 5.91 Å². The number of aryl methyl sites for hydroxylation is 1. The van der Waals surface area contributed by atoms with Gasteiger partial charge in [-0.05, 0) is 19.1 Å². The lowest BCUT2D eigenvalue weighted by atomic mass is 10.3. The Labute approximate surface area is 111 Å². The fourth-order valence-corrected chi connectivity index (χ4v) is 1.58. The number of carbonyl (C=O) groups excluding carboxylic acids is 1. The third-order valence-electron chi connectivity index (χ3n) is 2.63. The van der Waals surface area contributed by atoms with Crippen LogP contribution >= 0.6 is 0 Å². The average Bonchev–Trinajstić information content (AvgIpc) is 2.85. The molecule has 0 atom stereocenters. The minimum atomic E-state index is -0.173. The Balaban J connectivity index is 1.81. The summed E-state index contributed by atoms with van der Waals surface area (Å²) >= 11 is 0. The number of amides is 1. The van der Waals surface area contributed by atoms with Gasteiger partial charge in [0.2, 0.25) is 0 Å². The van der Waals surface area contributed by atoms with Crippen molar-refractivity contribution in [2.75, 3.05) is 20.2 Å². The van der Waals surface area contributed by atoms with E-state index in [1.54, 1.807) is 24.9 Å². The second-order valence-corrected chi connectivity index (χ2v) is 4.21. The van der Waals surface area contributed by atoms with Crippen LogP contribution in [0.5, 0.6) is 5.75 Å². The van der Waals surface area contributed by atoms with Crippen LogP contribution in [0.4, 0.5) is 0 Å². The summed E-state index contributed by atoms with van der Waals surface area (Å²) in [6.07, 6.45) is 0. The first kappa shape index (κ1) is 13.1. The normalized spacial score (nSPS) is 10.2. The number of hydrogen-bond donors (Lipinski definition) is 0. The van der Waals surface area contributed by atoms with Gasteiger partial charge in [-0.25, -0.2) is 0 Å². The first-order valence-corrected chi connectivity index (χ1v) is 6.03. The van der Waals surface area contributed by atoms with Gasteiger partial charge in [-0.2, -0.15) is 0 Å². The molecule has 2 rings (SSSR count). The maximum Gasteiger partial charge on any atom is 0.275 e. The number of benzene rings is 1. The average molecular weight is 260 g/mol. The van der Waals surface area contributed by atoms with Gasteiger partial charge in [0.25, 0.3) is 5.91 Å². The summed E-state index contributed by atoms with van der Waals surface area (Å²) in [7, 11) is 1.71. The highest BCUT2D eigenvalue weighted by molar-refractivity contribution is 5.92. The van der Waals surface area contributed by atoms with E-state index in [4.69, 9.17) is 9.26 Å². The van der Waals surface area contributed by atoms with Gasteiger partial charge in [-0.1, -0.05) is 23.4 Å². The molecule has 0 bridgehead atoms. The van der Waals surface area contributed by atoms with Gasteiger partial charge in [0.1, 0.15) is 18.1 Å². The molecule has 0 unspecified atom stereocenters. The maximum atomic E-state index is 11.9. The van der Waals surface area contributed by atoms with Crippen molar-refractivity contribution in [3.8, 4) is 5.75 Å². The molecule has 100 valence electrons. The maximum absolute atomic E-state index is 11.9. The summed E-state index contributed by atoms with van der Waals surface area (Å²) in [4.78, 5) is 13.5. The Bertz CT molecular complexity index is 537. The SMILES string of the molecule is Cc1cc(C(=O)N(C)CCOc2ccccc2)no1. The molecule has 19 heavy (non-hydrogen) atoms. The van der Waals surface area contributed by atoms with Gasteiger partial charge in [0.05, 0.1) is 6.54 Å². The summed E-state index contributed by atoms with van der Waals surface area (Å²) < 4.78 is 10.4. The zero-order valence-corrected chi connectivity index (χ0v) is 11.0. The second-order valence-electron chi connectivity index (χ2n) is 4.21. The van der Waals surface area contributed by atoms with Crippen LogP contribution in [0.1, 0.15) is 16.2 Å². The fraction of sp³-hybridized carbons (Fsp3) is 0.286. The molecule has 0 saturated carbocycles. The number of hydrogen-bond acceptors (Lipinski definition) is 4. The van der Waals surface area contributed by atoms with Gasteiger partial charge in [-0.15, -0.1) is 0 Å².